The molecule has 0 N–H and O–H groups in total. The number of benzene rings is 3. The van der Waals surface area contributed by atoms with E-state index >= 15 is 0 Å². The summed E-state index contributed by atoms with van der Waals surface area (Å²) in [5, 5.41) is 0. The Kier molecular flexibility index (Phi) is 8.48. The number of hydrogen-bond donors (Lipinski definition) is 0. The number of nitrogens with zero attached hydrogens (tertiary/aromatic N) is 1. The summed E-state index contributed by atoms with van der Waals surface area (Å²) in [4.78, 5) is 15.0. The van der Waals surface area contributed by atoms with E-state index in [1.165, 1.54) is 5.57 Å². The van der Waals surface area contributed by atoms with Gasteiger partial charge in [0, 0.05) is 13.1 Å². The van der Waals surface area contributed by atoms with Crippen LogP contribution in [0.1, 0.15) is 37.0 Å². The van der Waals surface area contributed by atoms with Crippen molar-refractivity contribution in [1.29, 1.82) is 0 Å². The van der Waals surface area contributed by atoms with Crippen LogP contribution < -0.4 is 4.74 Å². The SMILES string of the molecule is C/C=C(\C)CCN(Cc1ccccc1)C(=O)Cc1ccc(OCc2ccccc2)cc1. The first-order valence-electron chi connectivity index (χ1n) is 10.8. The van der Waals surface area contributed by atoms with E-state index in [1.54, 1.807) is 0 Å². The average Bonchev–Trinajstić information content (AvgIpc) is 2.82. The molecule has 3 rings (SSSR count). The maximum atomic E-state index is 13.1. The van der Waals surface area contributed by atoms with Gasteiger partial charge in [0.25, 0.3) is 0 Å². The molecule has 0 atom stereocenters. The van der Waals surface area contributed by atoms with Gasteiger partial charge in [0.05, 0.1) is 6.42 Å². The molecule has 0 heterocycles. The van der Waals surface area contributed by atoms with Crippen LogP contribution in [0, 0.1) is 0 Å². The zero-order chi connectivity index (χ0) is 21.9. The summed E-state index contributed by atoms with van der Waals surface area (Å²) in [6.07, 6.45) is 3.39. The zero-order valence-corrected chi connectivity index (χ0v) is 18.5. The minimum atomic E-state index is 0.144. The molecule has 0 saturated heterocycles. The van der Waals surface area contributed by atoms with Gasteiger partial charge in [-0.3, -0.25) is 4.79 Å². The molecule has 3 heteroatoms. The van der Waals surface area contributed by atoms with Gasteiger partial charge in [-0.2, -0.15) is 0 Å². The van der Waals surface area contributed by atoms with Gasteiger partial charge in [-0.15, -0.1) is 0 Å². The van der Waals surface area contributed by atoms with Gasteiger partial charge in [-0.25, -0.2) is 0 Å². The second-order valence-electron chi connectivity index (χ2n) is 7.78. The van der Waals surface area contributed by atoms with E-state index < -0.39 is 0 Å². The Labute approximate surface area is 186 Å². The third-order valence-corrected chi connectivity index (χ3v) is 5.36. The normalized spacial score (nSPS) is 11.2. The van der Waals surface area contributed by atoms with Crippen molar-refractivity contribution in [3.05, 3.63) is 113 Å². The van der Waals surface area contributed by atoms with Crippen molar-refractivity contribution in [1.82, 2.24) is 4.90 Å². The van der Waals surface area contributed by atoms with Crippen molar-refractivity contribution < 1.29 is 9.53 Å². The van der Waals surface area contributed by atoms with Crippen LogP contribution in [0.3, 0.4) is 0 Å². The van der Waals surface area contributed by atoms with Gasteiger partial charge in [-0.1, -0.05) is 84.4 Å². The highest BCUT2D eigenvalue weighted by Crippen LogP contribution is 2.16. The fraction of sp³-hybridized carbons (Fsp3) is 0.250. The average molecular weight is 414 g/mol. The summed E-state index contributed by atoms with van der Waals surface area (Å²) in [5.74, 6) is 0.954. The van der Waals surface area contributed by atoms with Crippen LogP contribution in [-0.2, 0) is 24.4 Å². The van der Waals surface area contributed by atoms with E-state index in [0.717, 1.165) is 35.4 Å². The topological polar surface area (TPSA) is 29.5 Å². The predicted molar refractivity (Wildman–Crippen MR) is 127 cm³/mol. The maximum absolute atomic E-state index is 13.1. The van der Waals surface area contributed by atoms with E-state index in [-0.39, 0.29) is 5.91 Å². The van der Waals surface area contributed by atoms with Crippen molar-refractivity contribution in [3.8, 4) is 5.75 Å². The lowest BCUT2D eigenvalue weighted by Gasteiger charge is -2.23. The number of carbonyl (C=O) groups excluding carboxylic acids is 1. The number of allylic oxidation sites excluding steroid dienone is 1. The standard InChI is InChI=1S/C28H31NO2/c1-3-23(2)18-19-29(21-25-10-6-4-7-11-25)28(30)20-24-14-16-27(17-15-24)31-22-26-12-8-5-9-13-26/h3-17H,18-22H2,1-2H3/b23-3+. The van der Waals surface area contributed by atoms with Crippen molar-refractivity contribution in [2.24, 2.45) is 0 Å². The Morgan fingerprint density at radius 2 is 1.45 bits per heavy atom. The number of ether oxygens (including phenoxy) is 1. The minimum Gasteiger partial charge on any atom is -0.489 e. The van der Waals surface area contributed by atoms with Gasteiger partial charge >= 0.3 is 0 Å². The van der Waals surface area contributed by atoms with E-state index in [4.69, 9.17) is 4.74 Å². The molecule has 0 aliphatic heterocycles. The highest BCUT2D eigenvalue weighted by Gasteiger charge is 2.15. The summed E-state index contributed by atoms with van der Waals surface area (Å²) in [6.45, 7) is 6.05. The number of carbonyl (C=O) groups is 1. The van der Waals surface area contributed by atoms with Crippen LogP contribution >= 0.6 is 0 Å². The van der Waals surface area contributed by atoms with Gasteiger partial charge in [-0.05, 0) is 49.1 Å². The quantitative estimate of drug-likeness (QED) is 0.371. The van der Waals surface area contributed by atoms with Gasteiger partial charge in [0.2, 0.25) is 5.91 Å². The molecule has 31 heavy (non-hydrogen) atoms. The lowest BCUT2D eigenvalue weighted by molar-refractivity contribution is -0.131. The third kappa shape index (κ3) is 7.45. The third-order valence-electron chi connectivity index (χ3n) is 5.36. The Bertz CT molecular complexity index is 963. The molecule has 0 radical (unpaired) electrons. The van der Waals surface area contributed by atoms with Crippen LogP contribution in [-0.4, -0.2) is 17.4 Å². The van der Waals surface area contributed by atoms with Crippen LogP contribution in [0.25, 0.3) is 0 Å². The highest BCUT2D eigenvalue weighted by molar-refractivity contribution is 5.78. The predicted octanol–water partition coefficient (Wildman–Crippen LogP) is 6.19. The summed E-state index contributed by atoms with van der Waals surface area (Å²) in [5.41, 5.74) is 4.58. The van der Waals surface area contributed by atoms with Crippen molar-refractivity contribution in [3.63, 3.8) is 0 Å². The van der Waals surface area contributed by atoms with E-state index in [2.05, 4.69) is 25.1 Å². The molecule has 0 unspecified atom stereocenters. The zero-order valence-electron chi connectivity index (χ0n) is 18.5. The fourth-order valence-corrected chi connectivity index (χ4v) is 3.28. The van der Waals surface area contributed by atoms with Crippen LogP contribution in [0.15, 0.2) is 96.6 Å². The number of rotatable bonds is 10. The molecule has 0 aromatic heterocycles. The molecule has 0 fully saturated rings. The monoisotopic (exact) mass is 413 g/mol. The molecule has 0 saturated carbocycles. The highest BCUT2D eigenvalue weighted by atomic mass is 16.5. The van der Waals surface area contributed by atoms with Crippen molar-refractivity contribution in [2.75, 3.05) is 6.54 Å². The Balaban J connectivity index is 1.60. The molecule has 0 spiro atoms. The van der Waals surface area contributed by atoms with Crippen molar-refractivity contribution in [2.45, 2.75) is 39.8 Å². The van der Waals surface area contributed by atoms with E-state index in [1.807, 2.05) is 84.6 Å². The first-order valence-corrected chi connectivity index (χ1v) is 10.8. The molecular formula is C28H31NO2. The van der Waals surface area contributed by atoms with Crippen molar-refractivity contribution >= 4 is 5.91 Å². The smallest absolute Gasteiger partial charge is 0.227 e. The van der Waals surface area contributed by atoms with Crippen LogP contribution in [0.2, 0.25) is 0 Å². The number of hydrogen-bond acceptors (Lipinski definition) is 2. The second kappa shape index (κ2) is 11.8. The molecule has 1 amide bonds. The largest absolute Gasteiger partial charge is 0.489 e. The molecule has 3 nitrogen and oxygen atoms in total. The number of amides is 1. The first-order chi connectivity index (χ1) is 15.1. The van der Waals surface area contributed by atoms with Gasteiger partial charge in [0.15, 0.2) is 0 Å². The summed E-state index contributed by atoms with van der Waals surface area (Å²) in [7, 11) is 0. The first kappa shape index (κ1) is 22.4. The van der Waals surface area contributed by atoms with E-state index in [9.17, 15) is 4.79 Å². The molecule has 0 aliphatic carbocycles. The molecular weight excluding hydrogens is 382 g/mol. The summed E-state index contributed by atoms with van der Waals surface area (Å²) in [6, 6.07) is 28.1. The Morgan fingerprint density at radius 3 is 2.06 bits per heavy atom. The Hall–Kier alpha value is -3.33. The fourth-order valence-electron chi connectivity index (χ4n) is 3.28. The second-order valence-corrected chi connectivity index (χ2v) is 7.78. The summed E-state index contributed by atoms with van der Waals surface area (Å²) >= 11 is 0. The van der Waals surface area contributed by atoms with Crippen LogP contribution in [0.4, 0.5) is 0 Å². The Morgan fingerprint density at radius 1 is 0.839 bits per heavy atom. The van der Waals surface area contributed by atoms with E-state index in [0.29, 0.717) is 19.6 Å². The molecule has 160 valence electrons. The lowest BCUT2D eigenvalue weighted by Crippen LogP contribution is -2.33. The molecule has 3 aromatic rings. The maximum Gasteiger partial charge on any atom is 0.227 e. The lowest BCUT2D eigenvalue weighted by atomic mass is 10.1. The summed E-state index contributed by atoms with van der Waals surface area (Å²) < 4.78 is 5.85. The molecule has 0 aliphatic rings. The minimum absolute atomic E-state index is 0.144. The molecule has 0 bridgehead atoms. The molecule has 3 aromatic carbocycles. The van der Waals surface area contributed by atoms with Gasteiger partial charge < -0.3 is 9.64 Å². The van der Waals surface area contributed by atoms with Gasteiger partial charge in [0.1, 0.15) is 12.4 Å². The van der Waals surface area contributed by atoms with Crippen LogP contribution in [0.5, 0.6) is 5.75 Å².